The molecule has 30 atom stereocenters. The number of hydrogen-bond acceptors (Lipinski definition) is 30. The van der Waals surface area contributed by atoms with Gasteiger partial charge in [0.05, 0.1) is 31.5 Å². The highest BCUT2D eigenvalue weighted by Gasteiger charge is 2.58. The molecule has 12 unspecified atom stereocenters. The molecule has 6 fully saturated rings. The Morgan fingerprint density at radius 3 is 1.55 bits per heavy atom. The lowest BCUT2D eigenvalue weighted by atomic mass is 9.95. The topological polar surface area (TPSA) is 498 Å². The van der Waals surface area contributed by atoms with Crippen LogP contribution < -0.4 is 5.32 Å². The quantitative estimate of drug-likeness (QED) is 0.0378. The van der Waals surface area contributed by atoms with Crippen LogP contribution in [0.1, 0.15) is 72.6 Å². The third-order valence-electron chi connectivity index (χ3n) is 14.8. The lowest BCUT2D eigenvalue weighted by Crippen LogP contribution is -2.68. The average Bonchev–Trinajstić information content (AvgIpc) is 3.53. The summed E-state index contributed by atoms with van der Waals surface area (Å²) in [4.78, 5) is 35.0. The average molecular weight is 1170 g/mol. The zero-order valence-electron chi connectivity index (χ0n) is 44.4. The molecule has 1 amide bonds. The standard InChI is InChI=1S/C48H81NO31/c1-16(51)10-6-7-11-22(52)49-12-8-5-9-13-69-44-36(66)38(24(54)18(3)71-44)77-48-41(80-46-34(64)28(58)26(56)21(75-46)15-70-43-32(62)29(59)30(60)40(79-43)42(67)68)39(25(55)19(4)73-48)78-47-35(65)31(61)37(20(14-50)74-47)76-45-33(63)27(57)23(53)17(2)72-45/h17-21,23-41,43-48,50,53-66H,5-15H2,1-4H3,(H,49,52)(H,67,68)/t17?,18?,19?,20?,21?,23-,24-,25-,26+,27-,28?,29?,30-,31?,32-,33?,34-,35-,36?,37+,38-,39-,40?,41?,43-,44+,45+,46+,47-,48-/m0/s1. The molecule has 0 aromatic heterocycles. The van der Waals surface area contributed by atoms with Crippen molar-refractivity contribution in [2.45, 2.75) is 257 Å². The van der Waals surface area contributed by atoms with Crippen molar-refractivity contribution < 1.29 is 153 Å². The third kappa shape index (κ3) is 16.1. The van der Waals surface area contributed by atoms with E-state index in [9.17, 15) is 96.1 Å². The van der Waals surface area contributed by atoms with E-state index in [2.05, 4.69) is 5.32 Å². The van der Waals surface area contributed by atoms with Gasteiger partial charge in [-0.15, -0.1) is 0 Å². The van der Waals surface area contributed by atoms with Crippen molar-refractivity contribution in [2.75, 3.05) is 26.4 Å². The van der Waals surface area contributed by atoms with Gasteiger partial charge in [-0.3, -0.25) is 4.79 Å². The molecule has 6 rings (SSSR count). The number of unbranched alkanes of at least 4 members (excludes halogenated alkanes) is 3. The maximum Gasteiger partial charge on any atom is 0.335 e. The van der Waals surface area contributed by atoms with Gasteiger partial charge >= 0.3 is 5.97 Å². The third-order valence-corrected chi connectivity index (χ3v) is 14.8. The van der Waals surface area contributed by atoms with Gasteiger partial charge in [0.1, 0.15) is 128 Å². The first-order valence-corrected chi connectivity index (χ1v) is 26.7. The van der Waals surface area contributed by atoms with E-state index in [1.807, 2.05) is 0 Å². The Kier molecular flexibility index (Phi) is 25.0. The van der Waals surface area contributed by atoms with Crippen LogP contribution >= 0.6 is 0 Å². The second-order valence-corrected chi connectivity index (χ2v) is 21.0. The lowest BCUT2D eigenvalue weighted by Gasteiger charge is -2.51. The van der Waals surface area contributed by atoms with Crippen LogP contribution in [0.25, 0.3) is 0 Å². The zero-order chi connectivity index (χ0) is 59.0. The van der Waals surface area contributed by atoms with E-state index in [4.69, 9.17) is 56.8 Å². The summed E-state index contributed by atoms with van der Waals surface area (Å²) in [6, 6.07) is 0. The van der Waals surface area contributed by atoms with Crippen molar-refractivity contribution in [3.05, 3.63) is 0 Å². The summed E-state index contributed by atoms with van der Waals surface area (Å²) >= 11 is 0. The number of aliphatic hydroxyl groups excluding tert-OH is 15. The summed E-state index contributed by atoms with van der Waals surface area (Å²) in [5.74, 6) is -1.85. The minimum atomic E-state index is -2.23. The number of nitrogens with one attached hydrogen (secondary N) is 1. The largest absolute Gasteiger partial charge is 0.479 e. The fraction of sp³-hybridized carbons (Fsp3) is 0.938. The van der Waals surface area contributed by atoms with Crippen molar-refractivity contribution in [1.29, 1.82) is 0 Å². The van der Waals surface area contributed by atoms with Crippen molar-refractivity contribution in [2.24, 2.45) is 0 Å². The van der Waals surface area contributed by atoms with Gasteiger partial charge < -0.3 is 149 Å². The number of carboxylic acid groups (broad SMARTS) is 1. The first kappa shape index (κ1) is 66.7. The number of Topliss-reactive ketones (excluding diaryl/α,β-unsaturated/α-hetero) is 1. The predicted octanol–water partition coefficient (Wildman–Crippen LogP) is -8.47. The summed E-state index contributed by atoms with van der Waals surface area (Å²) in [5.41, 5.74) is 0. The Labute approximate surface area is 458 Å². The molecule has 0 aromatic rings. The summed E-state index contributed by atoms with van der Waals surface area (Å²) in [6.07, 6.45) is -52.2. The molecule has 80 heavy (non-hydrogen) atoms. The molecule has 0 bridgehead atoms. The van der Waals surface area contributed by atoms with Gasteiger partial charge in [-0.2, -0.15) is 0 Å². The minimum absolute atomic E-state index is 0.0142. The zero-order valence-corrected chi connectivity index (χ0v) is 44.4. The van der Waals surface area contributed by atoms with Gasteiger partial charge in [-0.05, 0) is 59.8 Å². The first-order chi connectivity index (χ1) is 37.8. The summed E-state index contributed by atoms with van der Waals surface area (Å²) in [7, 11) is 0. The monoisotopic (exact) mass is 1170 g/mol. The maximum absolute atomic E-state index is 12.2. The highest BCUT2D eigenvalue weighted by atomic mass is 16.8. The van der Waals surface area contributed by atoms with E-state index < -0.39 is 203 Å². The number of ether oxygens (including phenoxy) is 12. The number of carboxylic acids is 1. The van der Waals surface area contributed by atoms with Gasteiger partial charge in [0.2, 0.25) is 5.91 Å². The van der Waals surface area contributed by atoms with Crippen LogP contribution in [0.5, 0.6) is 0 Å². The summed E-state index contributed by atoms with van der Waals surface area (Å²) in [5, 5.41) is 176. The van der Waals surface area contributed by atoms with Crippen molar-refractivity contribution >= 4 is 17.7 Å². The second-order valence-electron chi connectivity index (χ2n) is 21.0. The fourth-order valence-corrected chi connectivity index (χ4v) is 9.89. The van der Waals surface area contributed by atoms with E-state index >= 15 is 0 Å². The van der Waals surface area contributed by atoms with Gasteiger partial charge in [0.15, 0.2) is 43.8 Å². The van der Waals surface area contributed by atoms with Crippen LogP contribution in [0.2, 0.25) is 0 Å². The fourth-order valence-electron chi connectivity index (χ4n) is 9.89. The van der Waals surface area contributed by atoms with Crippen LogP contribution in [0, 0.1) is 0 Å². The molecule has 0 saturated carbocycles. The second kappa shape index (κ2) is 30.1. The molecule has 6 aliphatic rings. The molecular weight excluding hydrogens is 1090 g/mol. The molecule has 32 nitrogen and oxygen atoms in total. The highest BCUT2D eigenvalue weighted by molar-refractivity contribution is 5.76. The van der Waals surface area contributed by atoms with E-state index in [1.165, 1.54) is 27.7 Å². The van der Waals surface area contributed by atoms with Crippen molar-refractivity contribution in [1.82, 2.24) is 5.32 Å². The molecule has 0 radical (unpaired) electrons. The number of carbonyl (C=O) groups excluding carboxylic acids is 2. The Bertz CT molecular complexity index is 1930. The minimum Gasteiger partial charge on any atom is -0.479 e. The predicted molar refractivity (Wildman–Crippen MR) is 255 cm³/mol. The maximum atomic E-state index is 12.2. The molecule has 6 heterocycles. The van der Waals surface area contributed by atoms with Crippen LogP contribution in [-0.4, -0.2) is 310 Å². The Balaban J connectivity index is 1.20. The van der Waals surface area contributed by atoms with Gasteiger partial charge in [-0.25, -0.2) is 4.79 Å². The summed E-state index contributed by atoms with van der Waals surface area (Å²) < 4.78 is 69.6. The normalized spacial score (nSPS) is 46.4. The molecule has 6 saturated heterocycles. The molecule has 0 aromatic carbocycles. The van der Waals surface area contributed by atoms with Crippen LogP contribution in [0.15, 0.2) is 0 Å². The number of amides is 1. The molecule has 0 spiro atoms. The molecule has 6 aliphatic heterocycles. The molecular formula is C48H81NO31. The highest BCUT2D eigenvalue weighted by Crippen LogP contribution is 2.38. The van der Waals surface area contributed by atoms with E-state index in [0.717, 1.165) is 0 Å². The number of rotatable bonds is 25. The molecule has 464 valence electrons. The molecule has 32 heteroatoms. The first-order valence-electron chi connectivity index (χ1n) is 26.7. The van der Waals surface area contributed by atoms with Crippen molar-refractivity contribution in [3.8, 4) is 0 Å². The Morgan fingerprint density at radius 2 is 0.912 bits per heavy atom. The number of aliphatic hydroxyl groups is 15. The smallest absolute Gasteiger partial charge is 0.335 e. The Hall–Kier alpha value is -2.47. The van der Waals surface area contributed by atoms with Crippen LogP contribution in [-0.2, 0) is 71.2 Å². The summed E-state index contributed by atoms with van der Waals surface area (Å²) in [6.45, 7) is 4.06. The lowest BCUT2D eigenvalue weighted by molar-refractivity contribution is -0.408. The molecule has 17 N–H and O–H groups in total. The van der Waals surface area contributed by atoms with Gasteiger partial charge in [0, 0.05) is 26.0 Å². The van der Waals surface area contributed by atoms with Crippen LogP contribution in [0.3, 0.4) is 0 Å². The SMILES string of the molecule is CC(=O)CCCCC(=O)NCCCCCO[C@@H]1OC(C)[C@H](O)[C@H](O[C@@H]2OC(C)[C@H](O)[C@H](O[C@@H]3OC(CO)[C@@H](O[C@H]4OC(C)[C@H](O)[C@H](O)C4O)C(O)[C@@H]3O)C2O[C@H]2OC(CO[C@H]3OC(C(=O)O)[C@@H](O)C(O)[C@@H]3O)[C@@H](O)C(O)[C@@H]2O)C1O. The number of carbonyl (C=O) groups is 3. The Morgan fingerprint density at radius 1 is 0.425 bits per heavy atom. The van der Waals surface area contributed by atoms with E-state index in [1.54, 1.807) is 0 Å². The number of hydrogen-bond donors (Lipinski definition) is 17. The van der Waals surface area contributed by atoms with Crippen LogP contribution in [0.4, 0.5) is 0 Å². The van der Waals surface area contributed by atoms with Crippen molar-refractivity contribution in [3.63, 3.8) is 0 Å². The van der Waals surface area contributed by atoms with E-state index in [-0.39, 0.29) is 24.7 Å². The number of ketones is 1. The van der Waals surface area contributed by atoms with Gasteiger partial charge in [0.25, 0.3) is 0 Å². The molecule has 0 aliphatic carbocycles. The van der Waals surface area contributed by atoms with Gasteiger partial charge in [-0.1, -0.05) is 0 Å². The number of aliphatic carboxylic acids is 1. The van der Waals surface area contributed by atoms with E-state index in [0.29, 0.717) is 45.1 Å².